The highest BCUT2D eigenvalue weighted by Gasteiger charge is 2.17. The van der Waals surface area contributed by atoms with Crippen molar-refractivity contribution >= 4 is 17.9 Å². The van der Waals surface area contributed by atoms with Crippen molar-refractivity contribution in [2.45, 2.75) is 32.2 Å². The molecule has 0 saturated carbocycles. The highest BCUT2D eigenvalue weighted by atomic mass is 16.6. The third-order valence-electron chi connectivity index (χ3n) is 2.78. The number of carbonyl (C=O) groups excluding carboxylic acids is 3. The summed E-state index contributed by atoms with van der Waals surface area (Å²) < 4.78 is 25.8. The van der Waals surface area contributed by atoms with Crippen LogP contribution in [0.15, 0.2) is 38.0 Å². The van der Waals surface area contributed by atoms with Crippen molar-refractivity contribution in [2.24, 2.45) is 0 Å². The average molecular weight is 370 g/mol. The molecule has 26 heavy (non-hydrogen) atoms. The van der Waals surface area contributed by atoms with Crippen LogP contribution in [-0.4, -0.2) is 62.6 Å². The van der Waals surface area contributed by atoms with Gasteiger partial charge in [-0.25, -0.2) is 14.4 Å². The van der Waals surface area contributed by atoms with E-state index < -0.39 is 30.1 Å². The van der Waals surface area contributed by atoms with Crippen molar-refractivity contribution in [2.75, 3.05) is 26.4 Å². The van der Waals surface area contributed by atoms with Gasteiger partial charge in [-0.3, -0.25) is 0 Å². The Labute approximate surface area is 153 Å². The maximum absolute atomic E-state index is 11.3. The molecule has 0 fully saturated rings. The summed E-state index contributed by atoms with van der Waals surface area (Å²) in [5.74, 6) is -1.81. The molecule has 0 aliphatic rings. The molecule has 0 rings (SSSR count). The minimum atomic E-state index is -0.788. The molecule has 3 atom stereocenters. The molecule has 0 bridgehead atoms. The van der Waals surface area contributed by atoms with Gasteiger partial charge in [-0.2, -0.15) is 0 Å². The molecule has 0 amide bonds. The maximum atomic E-state index is 11.3. The number of esters is 3. The molecule has 0 saturated heterocycles. The quantitative estimate of drug-likeness (QED) is 0.257. The van der Waals surface area contributed by atoms with Crippen LogP contribution in [0.4, 0.5) is 0 Å². The van der Waals surface area contributed by atoms with Gasteiger partial charge in [0.15, 0.2) is 6.10 Å². The molecular weight excluding hydrogens is 344 g/mol. The lowest BCUT2D eigenvalue weighted by atomic mass is 10.3. The van der Waals surface area contributed by atoms with Crippen LogP contribution in [0.25, 0.3) is 0 Å². The minimum absolute atomic E-state index is 0.00128. The smallest absolute Gasteiger partial charge is 0.330 e. The van der Waals surface area contributed by atoms with Crippen LogP contribution in [0.5, 0.6) is 0 Å². The van der Waals surface area contributed by atoms with Gasteiger partial charge in [0.2, 0.25) is 0 Å². The zero-order valence-electron chi connectivity index (χ0n) is 15.2. The number of ether oxygens (including phenoxy) is 5. The van der Waals surface area contributed by atoms with Crippen LogP contribution in [-0.2, 0) is 38.1 Å². The summed E-state index contributed by atoms with van der Waals surface area (Å²) in [7, 11) is 0. The first-order valence-electron chi connectivity index (χ1n) is 7.97. The third-order valence-corrected chi connectivity index (χ3v) is 2.78. The molecule has 0 N–H and O–H groups in total. The van der Waals surface area contributed by atoms with Crippen LogP contribution in [0.3, 0.4) is 0 Å². The summed E-state index contributed by atoms with van der Waals surface area (Å²) in [6.45, 7) is 13.6. The van der Waals surface area contributed by atoms with Crippen LogP contribution >= 0.6 is 0 Å². The Morgan fingerprint density at radius 1 is 0.769 bits per heavy atom. The van der Waals surface area contributed by atoms with Gasteiger partial charge in [-0.1, -0.05) is 19.7 Å². The van der Waals surface area contributed by atoms with Crippen LogP contribution in [0.2, 0.25) is 0 Å². The highest BCUT2D eigenvalue weighted by molar-refractivity contribution is 5.82. The maximum Gasteiger partial charge on any atom is 0.330 e. The molecule has 0 aliphatic heterocycles. The molecule has 0 spiro atoms. The normalized spacial score (nSPS) is 13.6. The van der Waals surface area contributed by atoms with Gasteiger partial charge >= 0.3 is 17.9 Å². The predicted molar refractivity (Wildman–Crippen MR) is 93.2 cm³/mol. The molecular formula is C18H26O8. The van der Waals surface area contributed by atoms with Crippen molar-refractivity contribution in [1.82, 2.24) is 0 Å². The summed E-state index contributed by atoms with van der Waals surface area (Å²) in [4.78, 5) is 33.4. The lowest BCUT2D eigenvalue weighted by Crippen LogP contribution is -2.31. The van der Waals surface area contributed by atoms with E-state index in [0.29, 0.717) is 0 Å². The molecule has 146 valence electrons. The Morgan fingerprint density at radius 2 is 1.35 bits per heavy atom. The minimum Gasteiger partial charge on any atom is -0.458 e. The fourth-order valence-electron chi connectivity index (χ4n) is 1.56. The number of carbonyl (C=O) groups is 3. The van der Waals surface area contributed by atoms with Gasteiger partial charge in [-0.15, -0.1) is 0 Å². The highest BCUT2D eigenvalue weighted by Crippen LogP contribution is 2.02. The Hall–Kier alpha value is -2.45. The number of hydrogen-bond acceptors (Lipinski definition) is 8. The molecule has 0 aliphatic carbocycles. The Kier molecular flexibility index (Phi) is 12.5. The fraction of sp³-hybridized carbons (Fsp3) is 0.500. The lowest BCUT2D eigenvalue weighted by Gasteiger charge is -2.20. The van der Waals surface area contributed by atoms with Crippen molar-refractivity contribution in [3.63, 3.8) is 0 Å². The molecule has 8 nitrogen and oxygen atoms in total. The SMILES string of the molecule is C=CC(=O)OCC(COCC(C)OCC(C)OC(=O)C=C)OC(=O)C=C. The van der Waals surface area contributed by atoms with Crippen LogP contribution in [0.1, 0.15) is 13.8 Å². The van der Waals surface area contributed by atoms with E-state index in [4.69, 9.17) is 23.7 Å². The molecule has 0 aromatic carbocycles. The van der Waals surface area contributed by atoms with E-state index in [0.717, 1.165) is 18.2 Å². The topological polar surface area (TPSA) is 97.4 Å². The summed E-state index contributed by atoms with van der Waals surface area (Å²) in [6, 6.07) is 0. The predicted octanol–water partition coefficient (Wildman–Crippen LogP) is 1.35. The van der Waals surface area contributed by atoms with E-state index in [2.05, 4.69) is 19.7 Å². The molecule has 0 radical (unpaired) electrons. The standard InChI is InChI=1S/C18H26O8/c1-6-16(19)24-12-15(26-18(21)8-3)11-22-9-13(4)23-10-14(5)25-17(20)7-2/h6-8,13-15H,1-3,9-12H2,4-5H3. The van der Waals surface area contributed by atoms with Gasteiger partial charge < -0.3 is 23.7 Å². The molecule has 3 unspecified atom stereocenters. The van der Waals surface area contributed by atoms with E-state index in [1.165, 1.54) is 0 Å². The van der Waals surface area contributed by atoms with Crippen LogP contribution < -0.4 is 0 Å². The second kappa shape index (κ2) is 13.8. The zero-order valence-corrected chi connectivity index (χ0v) is 15.2. The van der Waals surface area contributed by atoms with Gasteiger partial charge in [0.25, 0.3) is 0 Å². The molecule has 0 aromatic rings. The second-order valence-corrected chi connectivity index (χ2v) is 5.23. The number of rotatable bonds is 14. The van der Waals surface area contributed by atoms with Crippen molar-refractivity contribution in [3.05, 3.63) is 38.0 Å². The monoisotopic (exact) mass is 370 g/mol. The second-order valence-electron chi connectivity index (χ2n) is 5.23. The first-order valence-corrected chi connectivity index (χ1v) is 7.97. The summed E-state index contributed by atoms with van der Waals surface area (Å²) >= 11 is 0. The summed E-state index contributed by atoms with van der Waals surface area (Å²) in [5, 5.41) is 0. The first-order chi connectivity index (χ1) is 12.3. The van der Waals surface area contributed by atoms with Gasteiger partial charge in [0.1, 0.15) is 12.7 Å². The van der Waals surface area contributed by atoms with Gasteiger partial charge in [0, 0.05) is 18.2 Å². The first kappa shape index (κ1) is 23.5. The molecule has 8 heteroatoms. The Bertz CT molecular complexity index is 499. The lowest BCUT2D eigenvalue weighted by molar-refractivity contribution is -0.157. The zero-order chi connectivity index (χ0) is 19.9. The number of hydrogen-bond donors (Lipinski definition) is 0. The van der Waals surface area contributed by atoms with Gasteiger partial charge in [0.05, 0.1) is 25.9 Å². The summed E-state index contributed by atoms with van der Waals surface area (Å²) in [6.07, 6.45) is 1.56. The van der Waals surface area contributed by atoms with E-state index >= 15 is 0 Å². The van der Waals surface area contributed by atoms with Crippen molar-refractivity contribution in [1.29, 1.82) is 0 Å². The average Bonchev–Trinajstić information content (AvgIpc) is 2.63. The Balaban J connectivity index is 4.20. The van der Waals surface area contributed by atoms with E-state index in [-0.39, 0.29) is 32.5 Å². The van der Waals surface area contributed by atoms with Crippen molar-refractivity contribution in [3.8, 4) is 0 Å². The van der Waals surface area contributed by atoms with E-state index in [1.807, 2.05) is 0 Å². The van der Waals surface area contributed by atoms with Crippen molar-refractivity contribution < 1.29 is 38.1 Å². The Morgan fingerprint density at radius 3 is 1.92 bits per heavy atom. The van der Waals surface area contributed by atoms with Gasteiger partial charge in [-0.05, 0) is 13.8 Å². The van der Waals surface area contributed by atoms with Crippen LogP contribution in [0, 0.1) is 0 Å². The van der Waals surface area contributed by atoms with E-state index in [9.17, 15) is 14.4 Å². The summed E-state index contributed by atoms with van der Waals surface area (Å²) in [5.41, 5.74) is 0. The fourth-order valence-corrected chi connectivity index (χ4v) is 1.56. The largest absolute Gasteiger partial charge is 0.458 e. The third kappa shape index (κ3) is 12.0. The van der Waals surface area contributed by atoms with E-state index in [1.54, 1.807) is 13.8 Å². The molecule has 0 heterocycles. The molecule has 0 aromatic heterocycles.